The maximum Gasteiger partial charge on any atom is 0.510 e. The van der Waals surface area contributed by atoms with Gasteiger partial charge in [-0.1, -0.05) is 26.8 Å². The van der Waals surface area contributed by atoms with Crippen LogP contribution in [-0.2, 0) is 39.3 Å². The minimum atomic E-state index is -3.73. The predicted molar refractivity (Wildman–Crippen MR) is 237 cm³/mol. The molecule has 62 heavy (non-hydrogen) atoms. The van der Waals surface area contributed by atoms with E-state index in [9.17, 15) is 23.7 Å². The first-order valence-corrected chi connectivity index (χ1v) is 24.3. The number of methoxy groups -OCH3 is 1. The fraction of sp³-hybridized carbons (Fsp3) is 0.591. The molecule has 3 heterocycles. The van der Waals surface area contributed by atoms with Crippen LogP contribution in [0.4, 0.5) is 14.7 Å². The van der Waals surface area contributed by atoms with Crippen LogP contribution in [0.25, 0.3) is 22.3 Å². The average molecular weight is 897 g/mol. The molecule has 1 saturated heterocycles. The van der Waals surface area contributed by atoms with Gasteiger partial charge < -0.3 is 39.8 Å². The predicted octanol–water partition coefficient (Wildman–Crippen LogP) is 8.10. The molecule has 1 aromatic carbocycles. The zero-order chi connectivity index (χ0) is 45.0. The largest absolute Gasteiger partial charge is 0.510 e. The molecule has 0 spiro atoms. The van der Waals surface area contributed by atoms with E-state index in [4.69, 9.17) is 33.4 Å². The van der Waals surface area contributed by atoms with Gasteiger partial charge in [-0.25, -0.2) is 19.6 Å². The summed E-state index contributed by atoms with van der Waals surface area (Å²) < 4.78 is 41.0. The van der Waals surface area contributed by atoms with E-state index in [-0.39, 0.29) is 44.1 Å². The van der Waals surface area contributed by atoms with Gasteiger partial charge in [0, 0.05) is 42.0 Å². The molecule has 0 radical (unpaired) electrons. The van der Waals surface area contributed by atoms with Gasteiger partial charge in [-0.3, -0.25) is 18.7 Å². The van der Waals surface area contributed by atoms with Crippen molar-refractivity contribution in [2.24, 2.45) is 17.3 Å². The van der Waals surface area contributed by atoms with Gasteiger partial charge in [0.05, 0.1) is 24.9 Å². The van der Waals surface area contributed by atoms with Crippen molar-refractivity contribution in [1.82, 2.24) is 25.5 Å². The Morgan fingerprint density at radius 1 is 1.10 bits per heavy atom. The third-order valence-electron chi connectivity index (χ3n) is 11.8. The number of alkyl carbamates (subject to hydrolysis) is 1. The number of benzene rings is 1. The summed E-state index contributed by atoms with van der Waals surface area (Å²) in [6.45, 7) is 16.2. The average Bonchev–Trinajstić information content (AvgIpc) is 3.61. The van der Waals surface area contributed by atoms with Crippen LogP contribution in [0, 0.1) is 17.3 Å². The number of fused-ring (bicyclic) bond motifs is 1. The monoisotopic (exact) mass is 896 g/mol. The zero-order valence-corrected chi connectivity index (χ0v) is 38.7. The quantitative estimate of drug-likeness (QED) is 0.0509. The number of thiazole rings is 1. The molecule has 2 aliphatic carbocycles. The van der Waals surface area contributed by atoms with E-state index in [2.05, 4.69) is 22.5 Å². The second-order valence-electron chi connectivity index (χ2n) is 17.8. The number of likely N-dealkylation sites (tertiary alicyclic amines) is 1. The normalized spacial score (nSPS) is 22.7. The smallest absolute Gasteiger partial charge is 0.497 e. The molecule has 3 aliphatic rings. The molecule has 3 N–H and O–H groups in total. The van der Waals surface area contributed by atoms with E-state index >= 15 is 0 Å². The molecular formula is C44H61N6O10PS. The molecule has 3 amide bonds. The molecule has 0 bridgehead atoms. The first kappa shape index (κ1) is 46.8. The number of carbonyl (C=O) groups is 4. The number of nitrogens with one attached hydrogen (secondary N) is 3. The standard InChI is InChI=1S/C44H61N6O10PS/c1-10-29-22-44(29,61(9,55)59-25-58-42(54)57-11-2)49-38(51)36-19-27(23-50(36)39(52)37(43(5,6)7)48-41(53)60-30-14-12-13-15-30)18-28-20-34(35-24-62-40(47-35)45-26(3)4)46-33-21-31(56-8)16-17-32(28)33/h10,16-17,20-21,24,26-27,29-30,36-37H,1,11-15,18-19,22-23,25H2,2-9H3,(H,45,47)(H,48,53)(H,49,51)/t27-,29-,36?,37?,44+,61?/m1/s1. The lowest BCUT2D eigenvalue weighted by Crippen LogP contribution is -2.58. The van der Waals surface area contributed by atoms with Gasteiger partial charge in [0.25, 0.3) is 0 Å². The van der Waals surface area contributed by atoms with E-state index < -0.39 is 66.9 Å². The van der Waals surface area contributed by atoms with Gasteiger partial charge in [0.1, 0.15) is 34.9 Å². The Morgan fingerprint density at radius 2 is 1.84 bits per heavy atom. The van der Waals surface area contributed by atoms with Crippen molar-refractivity contribution in [3.05, 3.63) is 47.9 Å². The number of aromatic nitrogens is 2. The first-order chi connectivity index (χ1) is 29.4. The Balaban J connectivity index is 1.32. The Bertz CT molecular complexity index is 2190. The number of nitrogens with zero attached hydrogens (tertiary/aromatic N) is 3. The van der Waals surface area contributed by atoms with Crippen molar-refractivity contribution in [1.29, 1.82) is 0 Å². The Morgan fingerprint density at radius 3 is 2.48 bits per heavy atom. The summed E-state index contributed by atoms with van der Waals surface area (Å²) in [5.41, 5.74) is 2.26. The summed E-state index contributed by atoms with van der Waals surface area (Å²) in [7, 11) is -2.13. The highest BCUT2D eigenvalue weighted by atomic mass is 32.1. The van der Waals surface area contributed by atoms with E-state index in [1.807, 2.05) is 64.3 Å². The molecule has 3 aromatic rings. The molecule has 6 atom stereocenters. The lowest BCUT2D eigenvalue weighted by atomic mass is 9.85. The van der Waals surface area contributed by atoms with Crippen LogP contribution in [0.5, 0.6) is 5.75 Å². The summed E-state index contributed by atoms with van der Waals surface area (Å²) in [5, 5.41) is 11.5. The van der Waals surface area contributed by atoms with Gasteiger partial charge in [0.15, 0.2) is 5.13 Å². The summed E-state index contributed by atoms with van der Waals surface area (Å²) in [5.74, 6) is -0.971. The number of hydrogen-bond acceptors (Lipinski definition) is 14. The lowest BCUT2D eigenvalue weighted by Gasteiger charge is -2.36. The minimum Gasteiger partial charge on any atom is -0.497 e. The molecule has 338 valence electrons. The minimum absolute atomic E-state index is 0.0855. The molecule has 6 rings (SSSR count). The van der Waals surface area contributed by atoms with Crippen LogP contribution in [0.3, 0.4) is 0 Å². The van der Waals surface area contributed by atoms with Crippen molar-refractivity contribution in [3.8, 4) is 17.1 Å². The van der Waals surface area contributed by atoms with E-state index in [1.54, 1.807) is 20.1 Å². The number of rotatable bonds is 17. The van der Waals surface area contributed by atoms with Crippen LogP contribution >= 0.6 is 18.7 Å². The van der Waals surface area contributed by atoms with Gasteiger partial charge in [-0.05, 0) is 101 Å². The van der Waals surface area contributed by atoms with Crippen molar-refractivity contribution < 1.29 is 47.2 Å². The van der Waals surface area contributed by atoms with Crippen LogP contribution in [-0.4, -0.2) is 102 Å². The molecule has 3 fully saturated rings. The lowest BCUT2D eigenvalue weighted by molar-refractivity contribution is -0.142. The number of hydrogen-bond donors (Lipinski definition) is 3. The van der Waals surface area contributed by atoms with Crippen molar-refractivity contribution in [2.75, 3.05) is 39.0 Å². The second-order valence-corrected chi connectivity index (χ2v) is 21.4. The van der Waals surface area contributed by atoms with Gasteiger partial charge >= 0.3 is 12.2 Å². The Kier molecular flexibility index (Phi) is 14.6. The highest BCUT2D eigenvalue weighted by molar-refractivity contribution is 7.60. The molecule has 1 aliphatic heterocycles. The highest BCUT2D eigenvalue weighted by Gasteiger charge is 2.65. The number of carbonyl (C=O) groups excluding carboxylic acids is 4. The molecule has 2 aromatic heterocycles. The second kappa shape index (κ2) is 19.3. The summed E-state index contributed by atoms with van der Waals surface area (Å²) in [4.78, 5) is 66.2. The van der Waals surface area contributed by atoms with Gasteiger partial charge in [0.2, 0.25) is 26.0 Å². The van der Waals surface area contributed by atoms with Crippen molar-refractivity contribution in [2.45, 2.75) is 116 Å². The van der Waals surface area contributed by atoms with Crippen molar-refractivity contribution >= 4 is 58.8 Å². The third-order valence-corrected chi connectivity index (χ3v) is 15.2. The number of amides is 3. The zero-order valence-electron chi connectivity index (χ0n) is 37.0. The van der Waals surface area contributed by atoms with Gasteiger partial charge in [-0.15, -0.1) is 17.9 Å². The summed E-state index contributed by atoms with van der Waals surface area (Å²) in [6, 6.07) is 5.86. The number of pyridine rings is 1. The molecule has 2 saturated carbocycles. The first-order valence-electron chi connectivity index (χ1n) is 21.3. The molecule has 16 nitrogen and oxygen atoms in total. The van der Waals surface area contributed by atoms with E-state index in [0.29, 0.717) is 29.1 Å². The van der Waals surface area contributed by atoms with E-state index in [0.717, 1.165) is 41.8 Å². The Labute approximate surface area is 367 Å². The van der Waals surface area contributed by atoms with Crippen molar-refractivity contribution in [3.63, 3.8) is 0 Å². The maximum atomic E-state index is 14.9. The van der Waals surface area contributed by atoms with Crippen LogP contribution in [0.15, 0.2) is 42.3 Å². The SMILES string of the molecule is C=C[C@@H]1C[C@]1(NC(=O)C1C[C@@H](Cc2cc(-c3csc(NC(C)C)n3)nc3cc(OC)ccc23)CN1C(=O)C(NC(=O)OC1CCCC1)C(C)(C)C)P(C)(=O)OCOC(=O)OCC. The summed E-state index contributed by atoms with van der Waals surface area (Å²) >= 11 is 1.49. The van der Waals surface area contributed by atoms with Crippen LogP contribution in [0.1, 0.15) is 85.6 Å². The number of ether oxygens (including phenoxy) is 4. The van der Waals surface area contributed by atoms with Crippen LogP contribution < -0.4 is 20.7 Å². The fourth-order valence-electron chi connectivity index (χ4n) is 8.42. The Hall–Kier alpha value is -4.73. The van der Waals surface area contributed by atoms with E-state index in [1.165, 1.54) is 22.9 Å². The topological polar surface area (TPSA) is 197 Å². The summed E-state index contributed by atoms with van der Waals surface area (Å²) in [6.07, 6.45) is 4.18. The third kappa shape index (κ3) is 10.7. The number of anilines is 1. The fourth-order valence-corrected chi connectivity index (χ4v) is 11.3. The van der Waals surface area contributed by atoms with Gasteiger partial charge in [-0.2, -0.15) is 0 Å². The maximum absolute atomic E-state index is 14.9. The molecule has 3 unspecified atom stereocenters. The molecule has 18 heteroatoms. The molecular weight excluding hydrogens is 836 g/mol. The highest BCUT2D eigenvalue weighted by Crippen LogP contribution is 2.70. The van der Waals surface area contributed by atoms with Crippen LogP contribution in [0.2, 0.25) is 0 Å².